The third-order valence-electron chi connectivity index (χ3n) is 4.14. The smallest absolute Gasteiger partial charge is 0.247 e. The summed E-state index contributed by atoms with van der Waals surface area (Å²) >= 11 is 0. The number of hydrogen-bond donors (Lipinski definition) is 0. The van der Waals surface area contributed by atoms with Gasteiger partial charge in [0, 0.05) is 12.7 Å². The molecule has 1 aromatic carbocycles. The fourth-order valence-electron chi connectivity index (χ4n) is 2.20. The minimum absolute atomic E-state index is 0.0775. The standard InChI is InChI=1S/C16H20N2O/c1-4-12(2)13-5-7-14(8-6-13)18(3)15(19)16(11-17)9-10-16/h5-8,12H,4,9-10H2,1-3H3. The van der Waals surface area contributed by atoms with Gasteiger partial charge in [0.15, 0.2) is 0 Å². The van der Waals surface area contributed by atoms with E-state index in [-0.39, 0.29) is 5.91 Å². The number of rotatable bonds is 4. The second-order valence-corrected chi connectivity index (χ2v) is 5.46. The van der Waals surface area contributed by atoms with Gasteiger partial charge in [-0.15, -0.1) is 0 Å². The van der Waals surface area contributed by atoms with E-state index in [1.165, 1.54) is 5.56 Å². The van der Waals surface area contributed by atoms with E-state index in [9.17, 15) is 4.79 Å². The second-order valence-electron chi connectivity index (χ2n) is 5.46. The second kappa shape index (κ2) is 5.05. The first kappa shape index (κ1) is 13.6. The Morgan fingerprint density at radius 1 is 1.42 bits per heavy atom. The zero-order valence-corrected chi connectivity index (χ0v) is 11.8. The molecular formula is C16H20N2O. The zero-order valence-electron chi connectivity index (χ0n) is 11.8. The first-order valence-electron chi connectivity index (χ1n) is 6.83. The first-order chi connectivity index (χ1) is 9.04. The highest BCUT2D eigenvalue weighted by atomic mass is 16.2. The maximum Gasteiger partial charge on any atom is 0.247 e. The van der Waals surface area contributed by atoms with Gasteiger partial charge in [0.1, 0.15) is 5.41 Å². The van der Waals surface area contributed by atoms with Crippen molar-refractivity contribution in [1.82, 2.24) is 0 Å². The first-order valence-corrected chi connectivity index (χ1v) is 6.83. The number of carbonyl (C=O) groups is 1. The lowest BCUT2D eigenvalue weighted by Gasteiger charge is -2.20. The van der Waals surface area contributed by atoms with E-state index >= 15 is 0 Å². The highest BCUT2D eigenvalue weighted by molar-refractivity contribution is 6.00. The number of anilines is 1. The molecule has 1 aliphatic rings. The summed E-state index contributed by atoms with van der Waals surface area (Å²) in [4.78, 5) is 13.8. The van der Waals surface area contributed by atoms with Gasteiger partial charge in [0.2, 0.25) is 5.91 Å². The van der Waals surface area contributed by atoms with Crippen molar-refractivity contribution < 1.29 is 4.79 Å². The van der Waals surface area contributed by atoms with Gasteiger partial charge >= 0.3 is 0 Å². The van der Waals surface area contributed by atoms with E-state index in [1.807, 2.05) is 12.1 Å². The highest BCUT2D eigenvalue weighted by Gasteiger charge is 2.52. The number of benzene rings is 1. The molecule has 1 aliphatic carbocycles. The Labute approximate surface area is 114 Å². The average Bonchev–Trinajstić information content (AvgIpc) is 3.26. The van der Waals surface area contributed by atoms with Crippen LogP contribution in [-0.4, -0.2) is 13.0 Å². The van der Waals surface area contributed by atoms with Gasteiger partial charge < -0.3 is 4.90 Å². The average molecular weight is 256 g/mol. The zero-order chi connectivity index (χ0) is 14.0. The van der Waals surface area contributed by atoms with Gasteiger partial charge in [-0.1, -0.05) is 26.0 Å². The molecule has 1 unspecified atom stereocenters. The van der Waals surface area contributed by atoms with Gasteiger partial charge in [-0.25, -0.2) is 0 Å². The quantitative estimate of drug-likeness (QED) is 0.828. The molecule has 0 N–H and O–H groups in total. The summed E-state index contributed by atoms with van der Waals surface area (Å²) < 4.78 is 0. The largest absolute Gasteiger partial charge is 0.314 e. The molecule has 0 aromatic heterocycles. The molecule has 0 saturated heterocycles. The van der Waals surface area contributed by atoms with Crippen molar-refractivity contribution >= 4 is 11.6 Å². The molecule has 1 amide bonds. The topological polar surface area (TPSA) is 44.1 Å². The number of nitriles is 1. The van der Waals surface area contributed by atoms with Crippen LogP contribution in [0.5, 0.6) is 0 Å². The van der Waals surface area contributed by atoms with Crippen LogP contribution in [-0.2, 0) is 4.79 Å². The summed E-state index contributed by atoms with van der Waals surface area (Å²) in [5.74, 6) is 0.454. The Kier molecular flexibility index (Phi) is 3.61. The monoisotopic (exact) mass is 256 g/mol. The Bertz CT molecular complexity index is 509. The molecule has 2 rings (SSSR count). The highest BCUT2D eigenvalue weighted by Crippen LogP contribution is 2.46. The number of nitrogens with zero attached hydrogens (tertiary/aromatic N) is 2. The Morgan fingerprint density at radius 3 is 2.42 bits per heavy atom. The number of carbonyl (C=O) groups excluding carboxylic acids is 1. The lowest BCUT2D eigenvalue weighted by Crippen LogP contribution is -2.33. The van der Waals surface area contributed by atoms with Crippen LogP contribution < -0.4 is 4.90 Å². The fourth-order valence-corrected chi connectivity index (χ4v) is 2.20. The summed E-state index contributed by atoms with van der Waals surface area (Å²) in [6, 6.07) is 10.2. The van der Waals surface area contributed by atoms with Crippen molar-refractivity contribution in [3.05, 3.63) is 29.8 Å². The third kappa shape index (κ3) is 2.49. The molecular weight excluding hydrogens is 236 g/mol. The Hall–Kier alpha value is -1.82. The molecule has 1 saturated carbocycles. The van der Waals surface area contributed by atoms with Gasteiger partial charge in [0.25, 0.3) is 0 Å². The Morgan fingerprint density at radius 2 is 2.00 bits per heavy atom. The maximum absolute atomic E-state index is 12.2. The molecule has 3 heteroatoms. The molecule has 1 fully saturated rings. The SMILES string of the molecule is CCC(C)c1ccc(N(C)C(=O)C2(C#N)CC2)cc1. The normalized spacial score (nSPS) is 17.4. The van der Waals surface area contributed by atoms with Gasteiger partial charge in [-0.05, 0) is 42.9 Å². The van der Waals surface area contributed by atoms with E-state index in [2.05, 4.69) is 32.0 Å². The van der Waals surface area contributed by atoms with Crippen molar-refractivity contribution in [1.29, 1.82) is 5.26 Å². The van der Waals surface area contributed by atoms with E-state index < -0.39 is 5.41 Å². The van der Waals surface area contributed by atoms with Crippen LogP contribution >= 0.6 is 0 Å². The summed E-state index contributed by atoms with van der Waals surface area (Å²) in [6.07, 6.45) is 2.49. The van der Waals surface area contributed by atoms with Crippen molar-refractivity contribution in [2.75, 3.05) is 11.9 Å². The van der Waals surface area contributed by atoms with Crippen molar-refractivity contribution in [3.63, 3.8) is 0 Å². The third-order valence-corrected chi connectivity index (χ3v) is 4.14. The molecule has 1 aromatic rings. The van der Waals surface area contributed by atoms with E-state index in [1.54, 1.807) is 11.9 Å². The predicted octanol–water partition coefficient (Wildman–Crippen LogP) is 3.47. The lowest BCUT2D eigenvalue weighted by atomic mass is 9.98. The summed E-state index contributed by atoms with van der Waals surface area (Å²) in [7, 11) is 1.75. The molecule has 3 nitrogen and oxygen atoms in total. The molecule has 0 heterocycles. The van der Waals surface area contributed by atoms with Crippen LogP contribution in [0.1, 0.15) is 44.6 Å². The van der Waals surface area contributed by atoms with E-state index in [0.717, 1.165) is 12.1 Å². The van der Waals surface area contributed by atoms with Crippen molar-refractivity contribution in [2.24, 2.45) is 5.41 Å². The summed E-state index contributed by atoms with van der Waals surface area (Å²) in [6.45, 7) is 4.36. The molecule has 0 aliphatic heterocycles. The predicted molar refractivity (Wildman–Crippen MR) is 75.8 cm³/mol. The van der Waals surface area contributed by atoms with E-state index in [0.29, 0.717) is 18.8 Å². The van der Waals surface area contributed by atoms with Gasteiger partial charge in [-0.2, -0.15) is 5.26 Å². The molecule has 100 valence electrons. The van der Waals surface area contributed by atoms with Crippen molar-refractivity contribution in [3.8, 4) is 6.07 Å². The van der Waals surface area contributed by atoms with Gasteiger partial charge in [-0.3, -0.25) is 4.79 Å². The van der Waals surface area contributed by atoms with E-state index in [4.69, 9.17) is 5.26 Å². The van der Waals surface area contributed by atoms with Crippen LogP contribution in [0.15, 0.2) is 24.3 Å². The van der Waals surface area contributed by atoms with Crippen LogP contribution in [0.3, 0.4) is 0 Å². The molecule has 1 atom stereocenters. The van der Waals surface area contributed by atoms with Crippen LogP contribution in [0, 0.1) is 16.7 Å². The Balaban J connectivity index is 2.14. The number of hydrogen-bond acceptors (Lipinski definition) is 2. The molecule has 0 radical (unpaired) electrons. The molecule has 19 heavy (non-hydrogen) atoms. The van der Waals surface area contributed by atoms with Crippen molar-refractivity contribution in [2.45, 2.75) is 39.0 Å². The lowest BCUT2D eigenvalue weighted by molar-refractivity contribution is -0.121. The summed E-state index contributed by atoms with van der Waals surface area (Å²) in [5.41, 5.74) is 1.40. The van der Waals surface area contributed by atoms with Crippen LogP contribution in [0.2, 0.25) is 0 Å². The minimum atomic E-state index is -0.746. The fraction of sp³-hybridized carbons (Fsp3) is 0.500. The van der Waals surface area contributed by atoms with Crippen LogP contribution in [0.4, 0.5) is 5.69 Å². The number of amides is 1. The maximum atomic E-state index is 12.2. The summed E-state index contributed by atoms with van der Waals surface area (Å²) in [5, 5.41) is 9.07. The van der Waals surface area contributed by atoms with Crippen LogP contribution in [0.25, 0.3) is 0 Å². The minimum Gasteiger partial charge on any atom is -0.314 e. The molecule has 0 spiro atoms. The van der Waals surface area contributed by atoms with Gasteiger partial charge in [0.05, 0.1) is 6.07 Å². The molecule has 0 bridgehead atoms.